The molecule has 0 atom stereocenters. The van der Waals surface area contributed by atoms with Crippen molar-refractivity contribution in [2.24, 2.45) is 0 Å². The van der Waals surface area contributed by atoms with Gasteiger partial charge in [-0.3, -0.25) is 4.79 Å². The van der Waals surface area contributed by atoms with Gasteiger partial charge in [0.05, 0.1) is 17.2 Å². The van der Waals surface area contributed by atoms with Crippen molar-refractivity contribution in [2.45, 2.75) is 27.2 Å². The first kappa shape index (κ1) is 13.7. The average molecular weight is 275 g/mol. The molecular formula is C15H17NO2S. The van der Waals surface area contributed by atoms with Crippen molar-refractivity contribution < 1.29 is 9.53 Å². The summed E-state index contributed by atoms with van der Waals surface area (Å²) in [4.78, 5) is 16.9. The fourth-order valence-electron chi connectivity index (χ4n) is 1.85. The molecule has 19 heavy (non-hydrogen) atoms. The SMILES string of the molecule is CCOc1ccc(-c2nc(CC)c(C(C)=O)s2)cc1. The van der Waals surface area contributed by atoms with Gasteiger partial charge in [-0.25, -0.2) is 4.98 Å². The Kier molecular flexibility index (Phi) is 4.32. The molecule has 0 saturated heterocycles. The topological polar surface area (TPSA) is 39.2 Å². The number of ketones is 1. The summed E-state index contributed by atoms with van der Waals surface area (Å²) in [5.74, 6) is 0.942. The summed E-state index contributed by atoms with van der Waals surface area (Å²) in [6.45, 7) is 6.23. The number of benzene rings is 1. The zero-order chi connectivity index (χ0) is 13.8. The number of carbonyl (C=O) groups excluding carboxylic acids is 1. The van der Waals surface area contributed by atoms with Crippen molar-refractivity contribution in [1.82, 2.24) is 4.98 Å². The number of carbonyl (C=O) groups is 1. The molecular weight excluding hydrogens is 258 g/mol. The van der Waals surface area contributed by atoms with Gasteiger partial charge in [-0.05, 0) is 37.6 Å². The van der Waals surface area contributed by atoms with E-state index in [1.54, 1.807) is 6.92 Å². The van der Waals surface area contributed by atoms with Crippen molar-refractivity contribution in [1.29, 1.82) is 0 Å². The zero-order valence-electron chi connectivity index (χ0n) is 11.4. The zero-order valence-corrected chi connectivity index (χ0v) is 12.2. The molecule has 100 valence electrons. The Labute approximate surface area is 117 Å². The van der Waals surface area contributed by atoms with Crippen LogP contribution >= 0.6 is 11.3 Å². The van der Waals surface area contributed by atoms with Crippen molar-refractivity contribution in [2.75, 3.05) is 6.61 Å². The second-order valence-corrected chi connectivity index (χ2v) is 5.16. The van der Waals surface area contributed by atoms with Crippen molar-refractivity contribution in [3.05, 3.63) is 34.8 Å². The molecule has 0 aliphatic heterocycles. The van der Waals surface area contributed by atoms with E-state index < -0.39 is 0 Å². The van der Waals surface area contributed by atoms with Crippen LogP contribution in [0.15, 0.2) is 24.3 Å². The van der Waals surface area contributed by atoms with Gasteiger partial charge < -0.3 is 4.74 Å². The first-order valence-corrected chi connectivity index (χ1v) is 7.21. The van der Waals surface area contributed by atoms with Crippen LogP contribution in [0.2, 0.25) is 0 Å². The van der Waals surface area contributed by atoms with Crippen LogP contribution in [0.3, 0.4) is 0 Å². The smallest absolute Gasteiger partial charge is 0.171 e. The van der Waals surface area contributed by atoms with E-state index in [2.05, 4.69) is 4.98 Å². The lowest BCUT2D eigenvalue weighted by Gasteiger charge is -2.02. The molecule has 1 aromatic carbocycles. The lowest BCUT2D eigenvalue weighted by Crippen LogP contribution is -1.93. The Morgan fingerprint density at radius 1 is 1.26 bits per heavy atom. The lowest BCUT2D eigenvalue weighted by atomic mass is 10.2. The summed E-state index contributed by atoms with van der Waals surface area (Å²) in [6, 6.07) is 7.82. The van der Waals surface area contributed by atoms with E-state index in [1.807, 2.05) is 38.1 Å². The van der Waals surface area contributed by atoms with Crippen molar-refractivity contribution >= 4 is 17.1 Å². The molecule has 0 bridgehead atoms. The summed E-state index contributed by atoms with van der Waals surface area (Å²) in [7, 11) is 0. The fraction of sp³-hybridized carbons (Fsp3) is 0.333. The van der Waals surface area contributed by atoms with Gasteiger partial charge in [-0.1, -0.05) is 6.92 Å². The van der Waals surface area contributed by atoms with E-state index in [4.69, 9.17) is 4.74 Å². The maximum atomic E-state index is 11.6. The van der Waals surface area contributed by atoms with E-state index >= 15 is 0 Å². The van der Waals surface area contributed by atoms with Gasteiger partial charge in [-0.15, -0.1) is 11.3 Å². The number of rotatable bonds is 5. The normalized spacial score (nSPS) is 10.5. The largest absolute Gasteiger partial charge is 0.494 e. The minimum absolute atomic E-state index is 0.0894. The van der Waals surface area contributed by atoms with Crippen LogP contribution < -0.4 is 4.74 Å². The predicted octanol–water partition coefficient (Wildman–Crippen LogP) is 3.97. The highest BCUT2D eigenvalue weighted by atomic mass is 32.1. The third-order valence-electron chi connectivity index (χ3n) is 2.76. The molecule has 0 unspecified atom stereocenters. The third-order valence-corrected chi connectivity index (χ3v) is 4.01. The van der Waals surface area contributed by atoms with E-state index in [1.165, 1.54) is 11.3 Å². The van der Waals surface area contributed by atoms with Gasteiger partial charge in [0.1, 0.15) is 10.8 Å². The highest BCUT2D eigenvalue weighted by Gasteiger charge is 2.14. The summed E-state index contributed by atoms with van der Waals surface area (Å²) >= 11 is 1.46. The van der Waals surface area contributed by atoms with Crippen LogP contribution in [0.1, 0.15) is 36.1 Å². The molecule has 0 aliphatic rings. The molecule has 0 aliphatic carbocycles. The minimum atomic E-state index is 0.0894. The summed E-state index contributed by atoms with van der Waals surface area (Å²) < 4.78 is 5.41. The van der Waals surface area contributed by atoms with Crippen LogP contribution in [0.5, 0.6) is 5.75 Å². The number of hydrogen-bond acceptors (Lipinski definition) is 4. The molecule has 0 radical (unpaired) electrons. The first-order valence-electron chi connectivity index (χ1n) is 6.39. The van der Waals surface area contributed by atoms with Crippen LogP contribution in [-0.4, -0.2) is 17.4 Å². The number of hydrogen-bond donors (Lipinski definition) is 0. The summed E-state index contributed by atoms with van der Waals surface area (Å²) in [5, 5.41) is 0.894. The number of aryl methyl sites for hydroxylation is 1. The molecule has 0 spiro atoms. The first-order chi connectivity index (χ1) is 9.15. The molecule has 2 rings (SSSR count). The van der Waals surface area contributed by atoms with Crippen LogP contribution in [-0.2, 0) is 6.42 Å². The summed E-state index contributed by atoms with van der Waals surface area (Å²) in [5.41, 5.74) is 1.91. The fourth-order valence-corrected chi connectivity index (χ4v) is 2.90. The molecule has 2 aromatic rings. The molecule has 1 aromatic heterocycles. The quantitative estimate of drug-likeness (QED) is 0.775. The average Bonchev–Trinajstić information content (AvgIpc) is 2.84. The highest BCUT2D eigenvalue weighted by Crippen LogP contribution is 2.30. The standard InChI is InChI=1S/C15H17NO2S/c1-4-13-14(10(3)17)19-15(16-13)11-6-8-12(9-7-11)18-5-2/h6-9H,4-5H2,1-3H3. The second kappa shape index (κ2) is 5.97. The molecule has 0 fully saturated rings. The van der Waals surface area contributed by atoms with E-state index in [0.717, 1.165) is 33.3 Å². The number of ether oxygens (including phenoxy) is 1. The van der Waals surface area contributed by atoms with Crippen molar-refractivity contribution in [3.63, 3.8) is 0 Å². The molecule has 0 amide bonds. The Morgan fingerprint density at radius 2 is 1.95 bits per heavy atom. The second-order valence-electron chi connectivity index (χ2n) is 4.16. The molecule has 4 heteroatoms. The van der Waals surface area contributed by atoms with Crippen LogP contribution in [0, 0.1) is 0 Å². The summed E-state index contributed by atoms with van der Waals surface area (Å²) in [6.07, 6.45) is 0.780. The molecule has 0 saturated carbocycles. The minimum Gasteiger partial charge on any atom is -0.494 e. The number of aromatic nitrogens is 1. The van der Waals surface area contributed by atoms with Gasteiger partial charge in [0, 0.05) is 12.5 Å². The number of nitrogens with zero attached hydrogens (tertiary/aromatic N) is 1. The van der Waals surface area contributed by atoms with Gasteiger partial charge in [-0.2, -0.15) is 0 Å². The predicted molar refractivity (Wildman–Crippen MR) is 78.1 cm³/mol. The number of thiazole rings is 1. The van der Waals surface area contributed by atoms with Crippen LogP contribution in [0.4, 0.5) is 0 Å². The van der Waals surface area contributed by atoms with E-state index in [0.29, 0.717) is 6.61 Å². The van der Waals surface area contributed by atoms with Gasteiger partial charge in [0.15, 0.2) is 5.78 Å². The Balaban J connectivity index is 2.33. The van der Waals surface area contributed by atoms with E-state index in [9.17, 15) is 4.79 Å². The van der Waals surface area contributed by atoms with Gasteiger partial charge in [0.2, 0.25) is 0 Å². The van der Waals surface area contributed by atoms with Crippen LogP contribution in [0.25, 0.3) is 10.6 Å². The van der Waals surface area contributed by atoms with Crippen molar-refractivity contribution in [3.8, 4) is 16.3 Å². The Hall–Kier alpha value is -1.68. The Morgan fingerprint density at radius 3 is 2.42 bits per heavy atom. The highest BCUT2D eigenvalue weighted by molar-refractivity contribution is 7.17. The lowest BCUT2D eigenvalue weighted by molar-refractivity contribution is 0.102. The molecule has 1 heterocycles. The Bertz CT molecular complexity index is 572. The maximum Gasteiger partial charge on any atom is 0.171 e. The molecule has 3 nitrogen and oxygen atoms in total. The number of Topliss-reactive ketones (excluding diaryl/α,β-unsaturated/α-hetero) is 1. The molecule has 0 N–H and O–H groups in total. The van der Waals surface area contributed by atoms with Gasteiger partial charge in [0.25, 0.3) is 0 Å². The monoisotopic (exact) mass is 275 g/mol. The van der Waals surface area contributed by atoms with E-state index in [-0.39, 0.29) is 5.78 Å². The maximum absolute atomic E-state index is 11.6. The third kappa shape index (κ3) is 3.01. The van der Waals surface area contributed by atoms with Gasteiger partial charge >= 0.3 is 0 Å².